The van der Waals surface area contributed by atoms with Crippen molar-refractivity contribution in [3.05, 3.63) is 97.6 Å². The molecule has 0 unspecified atom stereocenters. The number of hydrogen-bond acceptors (Lipinski definition) is 8. The maximum Gasteiger partial charge on any atom is 0.338 e. The Morgan fingerprint density at radius 3 is 2.55 bits per heavy atom. The molecule has 13 heteroatoms. The second-order valence-electron chi connectivity index (χ2n) is 9.36. The molecule has 44 heavy (non-hydrogen) atoms. The molecule has 0 saturated heterocycles. The Bertz CT molecular complexity index is 1600. The Labute approximate surface area is 271 Å². The molecule has 0 radical (unpaired) electrons. The van der Waals surface area contributed by atoms with Crippen molar-refractivity contribution in [1.82, 2.24) is 16.1 Å². The fourth-order valence-corrected chi connectivity index (χ4v) is 5.69. The number of carbonyl (C=O) groups excluding carboxylic acids is 3. The number of esters is 1. The average molecular weight is 730 g/mol. The topological polar surface area (TPSA) is 137 Å². The van der Waals surface area contributed by atoms with E-state index >= 15 is 0 Å². The minimum Gasteiger partial charge on any atom is -0.493 e. The summed E-state index contributed by atoms with van der Waals surface area (Å²) in [6.07, 6.45) is 1.48. The molecule has 3 aromatic rings. The van der Waals surface area contributed by atoms with Gasteiger partial charge >= 0.3 is 12.0 Å². The summed E-state index contributed by atoms with van der Waals surface area (Å²) in [6.45, 7) is 3.51. The molecule has 1 aliphatic rings. The predicted octanol–water partition coefficient (Wildman–Crippen LogP) is 5.52. The Morgan fingerprint density at radius 1 is 1.05 bits per heavy atom. The van der Waals surface area contributed by atoms with Gasteiger partial charge in [0, 0.05) is 15.7 Å². The van der Waals surface area contributed by atoms with E-state index in [9.17, 15) is 14.4 Å². The second kappa shape index (κ2) is 15.4. The van der Waals surface area contributed by atoms with Crippen LogP contribution in [0.25, 0.3) is 0 Å². The quantitative estimate of drug-likeness (QED) is 0.127. The van der Waals surface area contributed by atoms with Gasteiger partial charge in [-0.05, 0) is 65.2 Å². The Morgan fingerprint density at radius 2 is 1.82 bits per heavy atom. The van der Waals surface area contributed by atoms with Crippen LogP contribution in [0, 0.1) is 0 Å². The van der Waals surface area contributed by atoms with Crippen molar-refractivity contribution >= 4 is 56.0 Å². The lowest BCUT2D eigenvalue weighted by molar-refractivity contribution is -0.139. The summed E-state index contributed by atoms with van der Waals surface area (Å²) in [4.78, 5) is 37.3. The molecule has 3 aromatic carbocycles. The van der Waals surface area contributed by atoms with Crippen LogP contribution in [-0.2, 0) is 20.9 Å². The molecule has 1 aliphatic heterocycles. The Balaban J connectivity index is 1.41. The number of rotatable bonds is 12. The largest absolute Gasteiger partial charge is 0.493 e. The summed E-state index contributed by atoms with van der Waals surface area (Å²) in [5.74, 6) is 0.0801. The molecule has 1 atom stereocenters. The molecule has 3 amide bonds. The highest BCUT2D eigenvalue weighted by Crippen LogP contribution is 2.35. The van der Waals surface area contributed by atoms with Crippen molar-refractivity contribution in [2.24, 2.45) is 5.10 Å². The number of amides is 3. The van der Waals surface area contributed by atoms with Crippen molar-refractivity contribution in [2.75, 3.05) is 20.3 Å². The molecular formula is C31H30Br2N4O7. The van der Waals surface area contributed by atoms with Crippen LogP contribution in [0.4, 0.5) is 4.79 Å². The normalized spacial score (nSPS) is 14.5. The van der Waals surface area contributed by atoms with E-state index in [1.807, 2.05) is 42.5 Å². The molecular weight excluding hydrogens is 700 g/mol. The first-order chi connectivity index (χ1) is 21.2. The number of halogens is 2. The summed E-state index contributed by atoms with van der Waals surface area (Å²) in [6, 6.07) is 17.1. The number of ether oxygens (including phenoxy) is 4. The lowest BCUT2D eigenvalue weighted by atomic mass is 9.95. The van der Waals surface area contributed by atoms with E-state index in [-0.39, 0.29) is 24.5 Å². The van der Waals surface area contributed by atoms with Crippen LogP contribution in [0.5, 0.6) is 17.2 Å². The SMILES string of the molecule is CCOC(=O)C1=C(C)NC(=O)N[C@H]1c1ccc(OCC(=O)N/N=C/c2cc(Br)cc(Br)c2OCc2ccccc2)c(OC)c1. The van der Waals surface area contributed by atoms with Crippen molar-refractivity contribution in [1.29, 1.82) is 0 Å². The highest BCUT2D eigenvalue weighted by Gasteiger charge is 2.32. The Kier molecular flexibility index (Phi) is 11.4. The van der Waals surface area contributed by atoms with Crippen LogP contribution in [-0.4, -0.2) is 44.4 Å². The van der Waals surface area contributed by atoms with Crippen LogP contribution < -0.4 is 30.3 Å². The van der Waals surface area contributed by atoms with Crippen LogP contribution in [0.2, 0.25) is 0 Å². The Hall–Kier alpha value is -4.36. The molecule has 0 bridgehead atoms. The summed E-state index contributed by atoms with van der Waals surface area (Å²) in [5, 5.41) is 9.40. The van der Waals surface area contributed by atoms with Gasteiger partial charge in [-0.15, -0.1) is 0 Å². The first-order valence-electron chi connectivity index (χ1n) is 13.4. The third kappa shape index (κ3) is 8.38. The lowest BCUT2D eigenvalue weighted by Crippen LogP contribution is -2.45. The van der Waals surface area contributed by atoms with Crippen LogP contribution in [0.3, 0.4) is 0 Å². The minimum absolute atomic E-state index is 0.183. The van der Waals surface area contributed by atoms with Crippen LogP contribution in [0.1, 0.15) is 36.6 Å². The number of benzene rings is 3. The van der Waals surface area contributed by atoms with E-state index in [0.717, 1.165) is 14.5 Å². The van der Waals surface area contributed by atoms with Gasteiger partial charge in [-0.2, -0.15) is 5.10 Å². The number of carbonyl (C=O) groups is 3. The number of hydrazone groups is 1. The highest BCUT2D eigenvalue weighted by molar-refractivity contribution is 9.11. The molecule has 230 valence electrons. The van der Waals surface area contributed by atoms with Crippen molar-refractivity contribution < 1.29 is 33.3 Å². The van der Waals surface area contributed by atoms with Gasteiger partial charge in [0.25, 0.3) is 5.91 Å². The zero-order valence-corrected chi connectivity index (χ0v) is 27.3. The fourth-order valence-electron chi connectivity index (χ4n) is 4.31. The van der Waals surface area contributed by atoms with E-state index in [4.69, 9.17) is 18.9 Å². The third-order valence-corrected chi connectivity index (χ3v) is 7.35. The van der Waals surface area contributed by atoms with Gasteiger partial charge in [-0.25, -0.2) is 15.0 Å². The standard InChI is InChI=1S/C31H30Br2N4O7/c1-4-42-30(39)27-18(2)35-31(40)36-28(27)20-10-11-24(25(13-20)41-3)43-17-26(38)37-34-15-21-12-22(32)14-23(33)29(21)44-16-19-8-6-5-7-9-19/h5-15,28H,4,16-17H2,1-3H3,(H,37,38)(H2,35,36,40)/b34-15+/t28-/m0/s1. The molecule has 0 fully saturated rings. The maximum atomic E-state index is 12.6. The molecule has 11 nitrogen and oxygen atoms in total. The molecule has 4 rings (SSSR count). The van der Waals surface area contributed by atoms with Gasteiger partial charge < -0.3 is 29.6 Å². The minimum atomic E-state index is -0.775. The number of urea groups is 1. The van der Waals surface area contributed by atoms with E-state index in [1.54, 1.807) is 32.0 Å². The number of nitrogens with one attached hydrogen (secondary N) is 3. The van der Waals surface area contributed by atoms with Crippen molar-refractivity contribution in [3.63, 3.8) is 0 Å². The fraction of sp³-hybridized carbons (Fsp3) is 0.226. The first-order valence-corrected chi connectivity index (χ1v) is 15.0. The average Bonchev–Trinajstić information content (AvgIpc) is 2.99. The molecule has 0 aromatic heterocycles. The van der Waals surface area contributed by atoms with E-state index in [0.29, 0.717) is 34.9 Å². The monoisotopic (exact) mass is 728 g/mol. The van der Waals surface area contributed by atoms with Gasteiger partial charge in [0.05, 0.1) is 36.0 Å². The molecule has 1 heterocycles. The maximum absolute atomic E-state index is 12.6. The highest BCUT2D eigenvalue weighted by atomic mass is 79.9. The molecule has 0 saturated carbocycles. The van der Waals surface area contributed by atoms with Gasteiger partial charge in [0.2, 0.25) is 0 Å². The summed E-state index contributed by atoms with van der Waals surface area (Å²) >= 11 is 6.99. The van der Waals surface area contributed by atoms with Crippen LogP contribution in [0.15, 0.2) is 86.0 Å². The number of methoxy groups -OCH3 is 1. The van der Waals surface area contributed by atoms with Gasteiger partial charge in [0.1, 0.15) is 12.4 Å². The van der Waals surface area contributed by atoms with Crippen LogP contribution >= 0.6 is 31.9 Å². The zero-order valence-electron chi connectivity index (χ0n) is 24.1. The zero-order chi connectivity index (χ0) is 31.6. The second-order valence-corrected chi connectivity index (χ2v) is 11.1. The summed E-state index contributed by atoms with van der Waals surface area (Å²) in [7, 11) is 1.44. The van der Waals surface area contributed by atoms with E-state index < -0.39 is 23.9 Å². The smallest absolute Gasteiger partial charge is 0.338 e. The number of nitrogens with zero attached hydrogens (tertiary/aromatic N) is 1. The summed E-state index contributed by atoms with van der Waals surface area (Å²) in [5.41, 5.74) is 5.31. The molecule has 0 spiro atoms. The van der Waals surface area contributed by atoms with E-state index in [2.05, 4.69) is 53.0 Å². The van der Waals surface area contributed by atoms with E-state index in [1.165, 1.54) is 13.3 Å². The third-order valence-electron chi connectivity index (χ3n) is 6.30. The van der Waals surface area contributed by atoms with Crippen molar-refractivity contribution in [2.45, 2.75) is 26.5 Å². The predicted molar refractivity (Wildman–Crippen MR) is 171 cm³/mol. The molecule has 0 aliphatic carbocycles. The van der Waals surface area contributed by atoms with Gasteiger partial charge in [-0.1, -0.05) is 52.3 Å². The van der Waals surface area contributed by atoms with Gasteiger partial charge in [-0.3, -0.25) is 4.79 Å². The molecule has 3 N–H and O–H groups in total. The number of hydrogen-bond donors (Lipinski definition) is 3. The summed E-state index contributed by atoms with van der Waals surface area (Å²) < 4.78 is 23.9. The first kappa shape index (κ1) is 32.6. The lowest BCUT2D eigenvalue weighted by Gasteiger charge is -2.28. The number of allylic oxidation sites excluding steroid dienone is 1. The van der Waals surface area contributed by atoms with Crippen molar-refractivity contribution in [3.8, 4) is 17.2 Å². The van der Waals surface area contributed by atoms with Gasteiger partial charge in [0.15, 0.2) is 18.1 Å².